The van der Waals surface area contributed by atoms with Crippen LogP contribution in [0, 0.1) is 0 Å². The van der Waals surface area contributed by atoms with E-state index in [9.17, 15) is 9.59 Å². The van der Waals surface area contributed by atoms with Crippen LogP contribution < -0.4 is 5.69 Å². The Morgan fingerprint density at radius 1 is 1.56 bits per heavy atom. The highest BCUT2D eigenvalue weighted by atomic mass is 79.9. The van der Waals surface area contributed by atoms with Crippen molar-refractivity contribution >= 4 is 34.0 Å². The van der Waals surface area contributed by atoms with E-state index in [0.29, 0.717) is 17.3 Å². The van der Waals surface area contributed by atoms with Crippen LogP contribution >= 0.6 is 27.7 Å². The molecule has 0 atom stereocenters. The van der Waals surface area contributed by atoms with Gasteiger partial charge in [-0.15, -0.1) is 5.10 Å². The van der Waals surface area contributed by atoms with Crippen LogP contribution in [0.25, 0.3) is 0 Å². The molecule has 0 radical (unpaired) electrons. The van der Waals surface area contributed by atoms with E-state index in [0.717, 1.165) is 15.7 Å². The van der Waals surface area contributed by atoms with Crippen LogP contribution in [-0.4, -0.2) is 21.1 Å². The van der Waals surface area contributed by atoms with E-state index in [1.807, 2.05) is 19.1 Å². The number of aldehydes is 1. The van der Waals surface area contributed by atoms with E-state index < -0.39 is 0 Å². The third-order valence-corrected chi connectivity index (χ3v) is 4.02. The standard InChI is InChI=1S/C11H10BrN3O2S/c1-2-15-10(17)13-14-11(15)18-8-4-3-7(6-16)9(12)5-8/h3-6H,2H2,1H3,(H,13,17). The Morgan fingerprint density at radius 3 is 2.94 bits per heavy atom. The summed E-state index contributed by atoms with van der Waals surface area (Å²) in [4.78, 5) is 23.0. The number of hydrogen-bond acceptors (Lipinski definition) is 4. The zero-order valence-corrected chi connectivity index (χ0v) is 11.9. The molecule has 0 amide bonds. The van der Waals surface area contributed by atoms with Gasteiger partial charge in [0, 0.05) is 21.5 Å². The molecule has 0 aliphatic heterocycles. The summed E-state index contributed by atoms with van der Waals surface area (Å²) in [6.45, 7) is 2.44. The molecule has 0 spiro atoms. The molecule has 1 aromatic carbocycles. The highest BCUT2D eigenvalue weighted by Crippen LogP contribution is 2.28. The molecule has 0 bridgehead atoms. The van der Waals surface area contributed by atoms with E-state index in [4.69, 9.17) is 0 Å². The van der Waals surface area contributed by atoms with E-state index in [2.05, 4.69) is 26.1 Å². The highest BCUT2D eigenvalue weighted by Gasteiger charge is 2.09. The highest BCUT2D eigenvalue weighted by molar-refractivity contribution is 9.10. The van der Waals surface area contributed by atoms with Gasteiger partial charge >= 0.3 is 5.69 Å². The topological polar surface area (TPSA) is 67.8 Å². The van der Waals surface area contributed by atoms with Crippen molar-refractivity contribution in [3.8, 4) is 0 Å². The van der Waals surface area contributed by atoms with Crippen LogP contribution in [0.15, 0.2) is 37.5 Å². The fourth-order valence-electron chi connectivity index (χ4n) is 1.43. The van der Waals surface area contributed by atoms with Crippen molar-refractivity contribution in [3.63, 3.8) is 0 Å². The maximum Gasteiger partial charge on any atom is 0.343 e. The molecule has 18 heavy (non-hydrogen) atoms. The fourth-order valence-corrected chi connectivity index (χ4v) is 2.99. The molecular formula is C11H10BrN3O2S. The summed E-state index contributed by atoms with van der Waals surface area (Å²) in [5, 5.41) is 6.98. The predicted molar refractivity (Wildman–Crippen MR) is 72.2 cm³/mol. The number of nitrogens with one attached hydrogen (secondary N) is 1. The van der Waals surface area contributed by atoms with Gasteiger partial charge in [0.05, 0.1) is 0 Å². The number of carbonyl (C=O) groups excluding carboxylic acids is 1. The van der Waals surface area contributed by atoms with Gasteiger partial charge in [0.15, 0.2) is 11.4 Å². The minimum atomic E-state index is -0.219. The van der Waals surface area contributed by atoms with Crippen molar-refractivity contribution < 1.29 is 4.79 Å². The van der Waals surface area contributed by atoms with Gasteiger partial charge in [-0.05, 0) is 36.9 Å². The Hall–Kier alpha value is -1.34. The van der Waals surface area contributed by atoms with Gasteiger partial charge in [-0.1, -0.05) is 15.9 Å². The molecule has 0 unspecified atom stereocenters. The first-order valence-corrected chi connectivity index (χ1v) is 6.84. The number of aromatic nitrogens is 3. The Balaban J connectivity index is 2.31. The van der Waals surface area contributed by atoms with Crippen LogP contribution in [0.5, 0.6) is 0 Å². The molecule has 1 N–H and O–H groups in total. The molecule has 2 aromatic rings. The van der Waals surface area contributed by atoms with Crippen LogP contribution in [0.4, 0.5) is 0 Å². The number of H-pyrrole nitrogens is 1. The summed E-state index contributed by atoms with van der Waals surface area (Å²) >= 11 is 4.69. The maximum atomic E-state index is 11.4. The molecule has 2 rings (SSSR count). The van der Waals surface area contributed by atoms with Crippen molar-refractivity contribution in [2.24, 2.45) is 0 Å². The summed E-state index contributed by atoms with van der Waals surface area (Å²) in [6.07, 6.45) is 0.787. The quantitative estimate of drug-likeness (QED) is 0.875. The Kier molecular flexibility index (Phi) is 4.03. The predicted octanol–water partition coefficient (Wildman–Crippen LogP) is 2.32. The number of carbonyl (C=O) groups is 1. The van der Waals surface area contributed by atoms with Crippen molar-refractivity contribution in [1.82, 2.24) is 14.8 Å². The van der Waals surface area contributed by atoms with E-state index in [-0.39, 0.29) is 5.69 Å². The first-order valence-electron chi connectivity index (χ1n) is 5.23. The molecule has 0 saturated heterocycles. The Morgan fingerprint density at radius 2 is 2.33 bits per heavy atom. The minimum Gasteiger partial charge on any atom is -0.298 e. The molecule has 1 aromatic heterocycles. The molecule has 0 saturated carbocycles. The van der Waals surface area contributed by atoms with Gasteiger partial charge in [0.1, 0.15) is 0 Å². The molecule has 7 heteroatoms. The largest absolute Gasteiger partial charge is 0.343 e. The third kappa shape index (κ3) is 2.56. The van der Waals surface area contributed by atoms with E-state index in [1.54, 1.807) is 10.6 Å². The fraction of sp³-hybridized carbons (Fsp3) is 0.182. The lowest BCUT2D eigenvalue weighted by Gasteiger charge is -2.03. The second-order valence-corrected chi connectivity index (χ2v) is 5.35. The van der Waals surface area contributed by atoms with Crippen LogP contribution in [0.1, 0.15) is 17.3 Å². The lowest BCUT2D eigenvalue weighted by atomic mass is 10.2. The van der Waals surface area contributed by atoms with Gasteiger partial charge in [-0.2, -0.15) is 0 Å². The second kappa shape index (κ2) is 5.53. The lowest BCUT2D eigenvalue weighted by Crippen LogP contribution is -2.15. The summed E-state index contributed by atoms with van der Waals surface area (Å²) in [5.74, 6) is 0. The summed E-state index contributed by atoms with van der Waals surface area (Å²) in [7, 11) is 0. The molecule has 0 fully saturated rings. The molecule has 0 aliphatic carbocycles. The number of halogens is 1. The second-order valence-electron chi connectivity index (χ2n) is 3.46. The average Bonchev–Trinajstić information content (AvgIpc) is 2.70. The smallest absolute Gasteiger partial charge is 0.298 e. The Bertz CT molecular complexity index is 635. The normalized spacial score (nSPS) is 10.6. The SMILES string of the molecule is CCn1c(Sc2ccc(C=O)c(Br)c2)n[nH]c1=O. The van der Waals surface area contributed by atoms with Gasteiger partial charge in [0.2, 0.25) is 0 Å². The van der Waals surface area contributed by atoms with Crippen molar-refractivity contribution in [2.75, 3.05) is 0 Å². The number of rotatable bonds is 4. The molecule has 94 valence electrons. The minimum absolute atomic E-state index is 0.219. The van der Waals surface area contributed by atoms with E-state index in [1.165, 1.54) is 11.8 Å². The van der Waals surface area contributed by atoms with Crippen LogP contribution in [0.2, 0.25) is 0 Å². The molecule has 5 nitrogen and oxygen atoms in total. The van der Waals surface area contributed by atoms with E-state index >= 15 is 0 Å². The third-order valence-electron chi connectivity index (χ3n) is 2.35. The van der Waals surface area contributed by atoms with Gasteiger partial charge in [0.25, 0.3) is 0 Å². The zero-order valence-electron chi connectivity index (χ0n) is 9.51. The monoisotopic (exact) mass is 327 g/mol. The number of nitrogens with zero attached hydrogens (tertiary/aromatic N) is 2. The summed E-state index contributed by atoms with van der Waals surface area (Å²) < 4.78 is 2.27. The average molecular weight is 328 g/mol. The van der Waals surface area contributed by atoms with Crippen molar-refractivity contribution in [3.05, 3.63) is 38.7 Å². The number of benzene rings is 1. The first-order chi connectivity index (χ1) is 8.65. The first kappa shape index (κ1) is 13.1. The van der Waals surface area contributed by atoms with Gasteiger partial charge in [-0.3, -0.25) is 9.36 Å². The molecule has 0 aliphatic rings. The lowest BCUT2D eigenvalue weighted by molar-refractivity contribution is 0.112. The Labute approximate surface area is 116 Å². The molecule has 1 heterocycles. The summed E-state index contributed by atoms with van der Waals surface area (Å²) in [6, 6.07) is 5.37. The number of aromatic amines is 1. The van der Waals surface area contributed by atoms with Crippen molar-refractivity contribution in [2.45, 2.75) is 23.5 Å². The van der Waals surface area contributed by atoms with Crippen LogP contribution in [-0.2, 0) is 6.54 Å². The zero-order chi connectivity index (χ0) is 13.1. The van der Waals surface area contributed by atoms with Gasteiger partial charge < -0.3 is 0 Å². The summed E-state index contributed by atoms with van der Waals surface area (Å²) in [5.41, 5.74) is 0.373. The van der Waals surface area contributed by atoms with Gasteiger partial charge in [-0.25, -0.2) is 9.89 Å². The van der Waals surface area contributed by atoms with Crippen molar-refractivity contribution in [1.29, 1.82) is 0 Å². The van der Waals surface area contributed by atoms with Crippen LogP contribution in [0.3, 0.4) is 0 Å². The number of hydrogen-bond donors (Lipinski definition) is 1. The maximum absolute atomic E-state index is 11.4. The molecular weight excluding hydrogens is 318 g/mol.